The Kier molecular flexibility index (Phi) is 3.21. The molecule has 4 nitrogen and oxygen atoms in total. The molecule has 2 heterocycles. The van der Waals surface area contributed by atoms with Crippen molar-refractivity contribution in [1.82, 2.24) is 0 Å². The molecule has 3 rings (SSSR count). The minimum absolute atomic E-state index is 0.00870. The Morgan fingerprint density at radius 3 is 2.53 bits per heavy atom. The number of ether oxygens (including phenoxy) is 2. The molecule has 0 radical (unpaired) electrons. The summed E-state index contributed by atoms with van der Waals surface area (Å²) in [5, 5.41) is 20.0. The summed E-state index contributed by atoms with van der Waals surface area (Å²) in [7, 11) is 0. The molecule has 1 saturated carbocycles. The van der Waals surface area contributed by atoms with Crippen LogP contribution in [-0.2, 0) is 9.47 Å². The quantitative estimate of drug-likeness (QED) is 0.746. The third-order valence-electron chi connectivity index (χ3n) is 5.62. The van der Waals surface area contributed by atoms with Crippen LogP contribution in [0.15, 0.2) is 0 Å². The zero-order chi connectivity index (χ0) is 13.8. The highest BCUT2D eigenvalue weighted by molar-refractivity contribution is 5.09. The lowest BCUT2D eigenvalue weighted by Gasteiger charge is -2.28. The summed E-state index contributed by atoms with van der Waals surface area (Å²) in [5.41, 5.74) is -0.192. The number of rotatable bonds is 2. The van der Waals surface area contributed by atoms with Crippen LogP contribution in [0.2, 0.25) is 0 Å². The zero-order valence-electron chi connectivity index (χ0n) is 12.1. The molecule has 110 valence electrons. The molecular formula is C15H26O4. The summed E-state index contributed by atoms with van der Waals surface area (Å²) >= 11 is 0. The minimum Gasteiger partial charge on any atom is -0.396 e. The van der Waals surface area contributed by atoms with E-state index in [-0.39, 0.29) is 35.7 Å². The number of aliphatic hydroxyl groups is 2. The monoisotopic (exact) mass is 270 g/mol. The second-order valence-electron chi connectivity index (χ2n) is 7.16. The van der Waals surface area contributed by atoms with Crippen molar-refractivity contribution in [2.24, 2.45) is 11.8 Å². The van der Waals surface area contributed by atoms with Crippen molar-refractivity contribution in [2.75, 3.05) is 6.61 Å². The standard InChI is InChI=1S/C15H26O4/c1-9(8-16)10-4-6-14(2)11(18-14)5-7-15(3)13(19-15)12(10)17/h9-13,16-17H,4-8H2,1-3H3/t9-,10+,11-,12-,13+,14-,15+/m1/s1. The van der Waals surface area contributed by atoms with Crippen LogP contribution in [0.1, 0.15) is 46.5 Å². The molecule has 0 spiro atoms. The molecule has 2 N–H and O–H groups in total. The largest absolute Gasteiger partial charge is 0.396 e. The van der Waals surface area contributed by atoms with E-state index in [0.717, 1.165) is 25.7 Å². The number of hydrogen-bond donors (Lipinski definition) is 2. The van der Waals surface area contributed by atoms with Gasteiger partial charge in [0.2, 0.25) is 0 Å². The van der Waals surface area contributed by atoms with Gasteiger partial charge in [-0.15, -0.1) is 0 Å². The molecule has 7 atom stereocenters. The first-order valence-corrected chi connectivity index (χ1v) is 7.54. The van der Waals surface area contributed by atoms with Crippen LogP contribution in [0.3, 0.4) is 0 Å². The first kappa shape index (κ1) is 13.8. The van der Waals surface area contributed by atoms with Gasteiger partial charge in [0.15, 0.2) is 0 Å². The molecule has 2 aliphatic heterocycles. The minimum atomic E-state index is -0.467. The summed E-state index contributed by atoms with van der Waals surface area (Å²) in [6.45, 7) is 6.38. The van der Waals surface area contributed by atoms with Gasteiger partial charge in [-0.25, -0.2) is 0 Å². The van der Waals surface area contributed by atoms with Gasteiger partial charge in [-0.2, -0.15) is 0 Å². The Morgan fingerprint density at radius 2 is 1.84 bits per heavy atom. The first-order chi connectivity index (χ1) is 8.89. The molecule has 0 aromatic heterocycles. The van der Waals surface area contributed by atoms with Gasteiger partial charge in [0.1, 0.15) is 6.10 Å². The van der Waals surface area contributed by atoms with E-state index in [2.05, 4.69) is 13.8 Å². The average molecular weight is 270 g/mol. The second kappa shape index (κ2) is 4.42. The Bertz CT molecular complexity index is 360. The van der Waals surface area contributed by atoms with Crippen molar-refractivity contribution in [1.29, 1.82) is 0 Å². The molecule has 0 amide bonds. The maximum atomic E-state index is 10.6. The zero-order valence-corrected chi connectivity index (χ0v) is 12.1. The van der Waals surface area contributed by atoms with Crippen molar-refractivity contribution in [3.63, 3.8) is 0 Å². The Morgan fingerprint density at radius 1 is 1.16 bits per heavy atom. The number of aliphatic hydroxyl groups excluding tert-OH is 2. The summed E-state index contributed by atoms with van der Waals surface area (Å²) < 4.78 is 11.6. The van der Waals surface area contributed by atoms with Crippen molar-refractivity contribution in [3.8, 4) is 0 Å². The van der Waals surface area contributed by atoms with E-state index in [0.29, 0.717) is 6.10 Å². The molecule has 19 heavy (non-hydrogen) atoms. The van der Waals surface area contributed by atoms with Crippen molar-refractivity contribution in [2.45, 2.75) is 76.0 Å². The van der Waals surface area contributed by atoms with E-state index in [1.807, 2.05) is 6.92 Å². The fraction of sp³-hybridized carbons (Fsp3) is 1.00. The third-order valence-corrected chi connectivity index (χ3v) is 5.62. The first-order valence-electron chi connectivity index (χ1n) is 7.54. The lowest BCUT2D eigenvalue weighted by Crippen LogP contribution is -2.37. The van der Waals surface area contributed by atoms with Crippen LogP contribution >= 0.6 is 0 Å². The highest BCUT2D eigenvalue weighted by atomic mass is 16.6. The van der Waals surface area contributed by atoms with Gasteiger partial charge in [-0.3, -0.25) is 0 Å². The molecule has 0 bridgehead atoms. The predicted octanol–water partition coefficient (Wildman–Crippen LogP) is 1.48. The Balaban J connectivity index is 1.76. The van der Waals surface area contributed by atoms with Crippen molar-refractivity contribution < 1.29 is 19.7 Å². The van der Waals surface area contributed by atoms with E-state index < -0.39 is 6.10 Å². The molecule has 3 aliphatic rings. The van der Waals surface area contributed by atoms with Crippen LogP contribution in [0.25, 0.3) is 0 Å². The normalized spacial score (nSPS) is 54.8. The highest BCUT2D eigenvalue weighted by Crippen LogP contribution is 2.52. The SMILES string of the molecule is C[C@H](CO)[C@@H]1CC[C@@]2(C)O[C@@H]2CC[C@]2(C)O[C@H]2[C@@H]1O. The van der Waals surface area contributed by atoms with Gasteiger partial charge in [0, 0.05) is 6.61 Å². The van der Waals surface area contributed by atoms with Crippen LogP contribution in [0.5, 0.6) is 0 Å². The number of epoxide rings is 2. The molecule has 0 aromatic carbocycles. The topological polar surface area (TPSA) is 65.5 Å². The van der Waals surface area contributed by atoms with E-state index in [1.165, 1.54) is 0 Å². The lowest BCUT2D eigenvalue weighted by atomic mass is 9.78. The molecule has 2 saturated heterocycles. The van der Waals surface area contributed by atoms with Gasteiger partial charge in [0.25, 0.3) is 0 Å². The fourth-order valence-electron chi connectivity index (χ4n) is 3.79. The van der Waals surface area contributed by atoms with Gasteiger partial charge >= 0.3 is 0 Å². The summed E-state index contributed by atoms with van der Waals surface area (Å²) in [6, 6.07) is 0. The van der Waals surface area contributed by atoms with Crippen LogP contribution in [0, 0.1) is 11.8 Å². The predicted molar refractivity (Wildman–Crippen MR) is 70.8 cm³/mol. The molecule has 0 unspecified atom stereocenters. The number of fused-ring (bicyclic) bond motifs is 2. The lowest BCUT2D eigenvalue weighted by molar-refractivity contribution is 0.0259. The van der Waals surface area contributed by atoms with Crippen LogP contribution < -0.4 is 0 Å². The van der Waals surface area contributed by atoms with E-state index in [9.17, 15) is 10.2 Å². The Labute approximate surface area is 115 Å². The Hall–Kier alpha value is -0.160. The molecule has 1 aliphatic carbocycles. The molecule has 4 heteroatoms. The van der Waals surface area contributed by atoms with Gasteiger partial charge in [-0.1, -0.05) is 6.92 Å². The maximum Gasteiger partial charge on any atom is 0.113 e. The molecular weight excluding hydrogens is 244 g/mol. The fourth-order valence-corrected chi connectivity index (χ4v) is 3.79. The molecule has 0 aromatic rings. The van der Waals surface area contributed by atoms with Gasteiger partial charge in [0.05, 0.1) is 23.4 Å². The highest BCUT2D eigenvalue weighted by Gasteiger charge is 2.61. The van der Waals surface area contributed by atoms with Crippen LogP contribution in [0.4, 0.5) is 0 Å². The van der Waals surface area contributed by atoms with E-state index in [1.54, 1.807) is 0 Å². The van der Waals surface area contributed by atoms with Gasteiger partial charge in [-0.05, 0) is 51.4 Å². The van der Waals surface area contributed by atoms with E-state index >= 15 is 0 Å². The van der Waals surface area contributed by atoms with Crippen LogP contribution in [-0.4, -0.2) is 46.3 Å². The smallest absolute Gasteiger partial charge is 0.113 e. The summed E-state index contributed by atoms with van der Waals surface area (Å²) in [5.74, 6) is 0.195. The second-order valence-corrected chi connectivity index (χ2v) is 7.16. The number of hydrogen-bond acceptors (Lipinski definition) is 4. The summed E-state index contributed by atoms with van der Waals surface area (Å²) in [4.78, 5) is 0. The average Bonchev–Trinajstić information content (AvgIpc) is 3.23. The van der Waals surface area contributed by atoms with Crippen molar-refractivity contribution in [3.05, 3.63) is 0 Å². The van der Waals surface area contributed by atoms with Gasteiger partial charge < -0.3 is 19.7 Å². The van der Waals surface area contributed by atoms with E-state index in [4.69, 9.17) is 9.47 Å². The molecule has 3 fully saturated rings. The third kappa shape index (κ3) is 2.33. The summed E-state index contributed by atoms with van der Waals surface area (Å²) in [6.07, 6.45) is 3.67. The maximum absolute atomic E-state index is 10.6. The van der Waals surface area contributed by atoms with Crippen molar-refractivity contribution >= 4 is 0 Å².